The SMILES string of the molecule is Cc1ccc(N=Cc2ccc(C=Nc3ccc([N+](=O)[O-])cc3)o2)cc1.[Cl][Fe][Cl]. The van der Waals surface area contributed by atoms with E-state index in [2.05, 4.69) is 9.98 Å². The third-order valence-electron chi connectivity index (χ3n) is 3.42. The fourth-order valence-corrected chi connectivity index (χ4v) is 2.07. The molecule has 0 saturated carbocycles. The Morgan fingerprint density at radius 3 is 1.75 bits per heavy atom. The van der Waals surface area contributed by atoms with Gasteiger partial charge in [-0.2, -0.15) is 0 Å². The van der Waals surface area contributed by atoms with Gasteiger partial charge in [0.15, 0.2) is 0 Å². The summed E-state index contributed by atoms with van der Waals surface area (Å²) >= 11 is 0.194. The van der Waals surface area contributed by atoms with Gasteiger partial charge in [0.05, 0.1) is 28.7 Å². The Labute approximate surface area is 176 Å². The van der Waals surface area contributed by atoms with E-state index in [-0.39, 0.29) is 18.8 Å². The van der Waals surface area contributed by atoms with Crippen LogP contribution in [0.2, 0.25) is 0 Å². The van der Waals surface area contributed by atoms with Crippen LogP contribution >= 0.6 is 20.2 Å². The summed E-state index contributed by atoms with van der Waals surface area (Å²) in [4.78, 5) is 18.8. The molecule has 1 heterocycles. The molecule has 0 saturated heterocycles. The van der Waals surface area contributed by atoms with Crippen molar-refractivity contribution in [2.45, 2.75) is 6.92 Å². The maximum atomic E-state index is 10.6. The van der Waals surface area contributed by atoms with Crippen molar-refractivity contribution in [2.24, 2.45) is 9.98 Å². The molecule has 0 fully saturated rings. The predicted octanol–water partition coefficient (Wildman–Crippen LogP) is 6.37. The monoisotopic (exact) mass is 459 g/mol. The summed E-state index contributed by atoms with van der Waals surface area (Å²) in [6.07, 6.45) is 3.21. The van der Waals surface area contributed by atoms with E-state index in [1.165, 1.54) is 17.7 Å². The summed E-state index contributed by atoms with van der Waals surface area (Å²) in [5.41, 5.74) is 2.67. The summed E-state index contributed by atoms with van der Waals surface area (Å²) in [7, 11) is 9.53. The summed E-state index contributed by atoms with van der Waals surface area (Å²) < 4.78 is 5.61. The van der Waals surface area contributed by atoms with Gasteiger partial charge < -0.3 is 4.42 Å². The molecule has 0 atom stereocenters. The number of nitro benzene ring substituents is 1. The number of halogens is 2. The molecule has 0 aliphatic heterocycles. The van der Waals surface area contributed by atoms with Crippen molar-refractivity contribution < 1.29 is 22.5 Å². The second kappa shape index (κ2) is 11.4. The molecular weight excluding hydrogens is 445 g/mol. The summed E-state index contributed by atoms with van der Waals surface area (Å²) in [6.45, 7) is 2.02. The molecule has 0 aliphatic carbocycles. The van der Waals surface area contributed by atoms with Gasteiger partial charge in [-0.3, -0.25) is 20.1 Å². The van der Waals surface area contributed by atoms with E-state index < -0.39 is 4.92 Å². The molecule has 3 aromatic rings. The molecule has 0 spiro atoms. The minimum atomic E-state index is -0.445. The Hall–Kier alpha value is -2.44. The van der Waals surface area contributed by atoms with E-state index in [9.17, 15) is 10.1 Å². The van der Waals surface area contributed by atoms with Crippen molar-refractivity contribution >= 4 is 49.7 Å². The van der Waals surface area contributed by atoms with Crippen LogP contribution in [0, 0.1) is 17.0 Å². The first-order valence-electron chi connectivity index (χ1n) is 7.86. The fourth-order valence-electron chi connectivity index (χ4n) is 2.07. The molecule has 28 heavy (non-hydrogen) atoms. The van der Waals surface area contributed by atoms with E-state index in [0.717, 1.165) is 5.69 Å². The zero-order valence-electron chi connectivity index (χ0n) is 14.6. The van der Waals surface area contributed by atoms with Crippen LogP contribution < -0.4 is 0 Å². The van der Waals surface area contributed by atoms with Gasteiger partial charge in [0.25, 0.3) is 5.69 Å². The first-order valence-corrected chi connectivity index (χ1v) is 10.9. The zero-order valence-corrected chi connectivity index (χ0v) is 17.2. The summed E-state index contributed by atoms with van der Waals surface area (Å²) in [5.74, 6) is 1.19. The Balaban J connectivity index is 0.000000878. The van der Waals surface area contributed by atoms with Gasteiger partial charge >= 0.3 is 33.3 Å². The molecule has 1 aromatic heterocycles. The molecule has 0 amide bonds. The van der Waals surface area contributed by atoms with E-state index in [0.29, 0.717) is 17.2 Å². The van der Waals surface area contributed by atoms with Crippen LogP contribution in [-0.2, 0) is 13.1 Å². The van der Waals surface area contributed by atoms with Crippen molar-refractivity contribution in [2.75, 3.05) is 0 Å². The van der Waals surface area contributed by atoms with Gasteiger partial charge in [0.2, 0.25) is 0 Å². The van der Waals surface area contributed by atoms with Crippen molar-refractivity contribution in [3.63, 3.8) is 0 Å². The Kier molecular flexibility index (Phi) is 8.91. The second-order valence-corrected chi connectivity index (χ2v) is 7.24. The van der Waals surface area contributed by atoms with Gasteiger partial charge in [-0.15, -0.1) is 0 Å². The molecule has 146 valence electrons. The normalized spacial score (nSPS) is 11.0. The average molecular weight is 460 g/mol. The topological polar surface area (TPSA) is 81.0 Å². The molecule has 0 N–H and O–H groups in total. The van der Waals surface area contributed by atoms with Crippen LogP contribution in [0.15, 0.2) is 75.1 Å². The second-order valence-electron chi connectivity index (χ2n) is 5.42. The van der Waals surface area contributed by atoms with Crippen LogP contribution in [0.1, 0.15) is 17.1 Å². The molecule has 0 unspecified atom stereocenters. The van der Waals surface area contributed by atoms with Crippen LogP contribution in [0.5, 0.6) is 0 Å². The average Bonchev–Trinajstić information content (AvgIpc) is 3.15. The summed E-state index contributed by atoms with van der Waals surface area (Å²) in [5, 5.41) is 10.6. The maximum absolute atomic E-state index is 10.6. The molecule has 0 radical (unpaired) electrons. The molecule has 9 heteroatoms. The Bertz CT molecular complexity index is 955. The first kappa shape index (κ1) is 21.9. The zero-order chi connectivity index (χ0) is 20.4. The van der Waals surface area contributed by atoms with Gasteiger partial charge in [-0.05, 0) is 43.3 Å². The molecule has 0 aliphatic rings. The standard InChI is InChI=1S/C19H15N3O3.2ClH.Fe/c1-14-2-4-15(5-3-14)20-12-18-10-11-19(25-18)13-21-16-6-8-17(9-7-16)22(23)24;;;/h2-13H,1H3;2*1H;/q;;;+2/p-2. The minimum absolute atomic E-state index is 0.0338. The first-order chi connectivity index (χ1) is 13.5. The molecule has 2 aromatic carbocycles. The number of hydrogen-bond donors (Lipinski definition) is 0. The van der Waals surface area contributed by atoms with Gasteiger partial charge in [0.1, 0.15) is 11.5 Å². The molecule has 0 bridgehead atoms. The number of hydrogen-bond acceptors (Lipinski definition) is 5. The third-order valence-corrected chi connectivity index (χ3v) is 3.42. The third kappa shape index (κ3) is 7.29. The number of benzene rings is 2. The number of aliphatic imine (C=N–C) groups is 2. The van der Waals surface area contributed by atoms with Crippen molar-refractivity contribution in [3.05, 3.63) is 87.9 Å². The Morgan fingerprint density at radius 1 is 0.893 bits per heavy atom. The van der Waals surface area contributed by atoms with Gasteiger partial charge in [-0.1, -0.05) is 17.7 Å². The number of nitro groups is 1. The molecule has 6 nitrogen and oxygen atoms in total. The number of non-ortho nitro benzene ring substituents is 1. The van der Waals surface area contributed by atoms with E-state index in [4.69, 9.17) is 24.6 Å². The van der Waals surface area contributed by atoms with Crippen LogP contribution in [-0.4, -0.2) is 17.4 Å². The number of rotatable bonds is 5. The predicted molar refractivity (Wildman–Crippen MR) is 109 cm³/mol. The van der Waals surface area contributed by atoms with Crippen LogP contribution in [0.25, 0.3) is 0 Å². The molecular formula is C19H15Cl2FeN3O3. The van der Waals surface area contributed by atoms with E-state index >= 15 is 0 Å². The Morgan fingerprint density at radius 2 is 1.32 bits per heavy atom. The van der Waals surface area contributed by atoms with E-state index in [1.807, 2.05) is 31.2 Å². The van der Waals surface area contributed by atoms with Crippen molar-refractivity contribution in [1.82, 2.24) is 0 Å². The summed E-state index contributed by atoms with van der Waals surface area (Å²) in [6, 6.07) is 17.4. The van der Waals surface area contributed by atoms with E-state index in [1.54, 1.807) is 36.7 Å². The van der Waals surface area contributed by atoms with Crippen molar-refractivity contribution in [3.8, 4) is 0 Å². The van der Waals surface area contributed by atoms with Crippen molar-refractivity contribution in [1.29, 1.82) is 0 Å². The fraction of sp³-hybridized carbons (Fsp3) is 0.0526. The number of aryl methyl sites for hydroxylation is 1. The molecule has 3 rings (SSSR count). The number of furan rings is 1. The van der Waals surface area contributed by atoms with Crippen LogP contribution in [0.4, 0.5) is 17.1 Å². The quantitative estimate of drug-likeness (QED) is 0.192. The van der Waals surface area contributed by atoms with Gasteiger partial charge in [0, 0.05) is 12.1 Å². The number of nitrogens with zero attached hydrogens (tertiary/aromatic N) is 3. The van der Waals surface area contributed by atoms with Gasteiger partial charge in [-0.25, -0.2) is 0 Å². The van der Waals surface area contributed by atoms with Crippen LogP contribution in [0.3, 0.4) is 0 Å².